The van der Waals surface area contributed by atoms with Gasteiger partial charge in [-0.25, -0.2) is 18.4 Å². The molecular formula is C19H29N7O2S. The molecule has 9 nitrogen and oxygen atoms in total. The second kappa shape index (κ2) is 8.27. The van der Waals surface area contributed by atoms with Gasteiger partial charge >= 0.3 is 0 Å². The lowest BCUT2D eigenvalue weighted by Gasteiger charge is -2.34. The molecule has 2 aliphatic heterocycles. The normalized spacial score (nSPS) is 19.1. The van der Waals surface area contributed by atoms with Crippen LogP contribution in [0, 0.1) is 0 Å². The maximum Gasteiger partial charge on any atom is 0.262 e. The summed E-state index contributed by atoms with van der Waals surface area (Å²) in [6.45, 7) is 8.02. The van der Waals surface area contributed by atoms with Gasteiger partial charge in [-0.2, -0.15) is 9.29 Å². The predicted octanol–water partition coefficient (Wildman–Crippen LogP) is 1.76. The van der Waals surface area contributed by atoms with Gasteiger partial charge in [-0.3, -0.25) is 0 Å². The topological polar surface area (TPSA) is 87.5 Å². The van der Waals surface area contributed by atoms with Crippen molar-refractivity contribution < 1.29 is 8.42 Å². The molecule has 4 heterocycles. The van der Waals surface area contributed by atoms with E-state index in [9.17, 15) is 8.42 Å². The maximum absolute atomic E-state index is 12.9. The molecule has 10 heteroatoms. The van der Waals surface area contributed by atoms with Crippen LogP contribution < -0.4 is 9.80 Å². The Morgan fingerprint density at radius 2 is 1.66 bits per heavy atom. The fraction of sp³-hybridized carbons (Fsp3) is 0.632. The van der Waals surface area contributed by atoms with Crippen molar-refractivity contribution in [2.24, 2.45) is 0 Å². The molecule has 2 aromatic heterocycles. The number of sulfonamides is 1. The van der Waals surface area contributed by atoms with E-state index < -0.39 is 10.0 Å². The molecule has 0 atom stereocenters. The summed E-state index contributed by atoms with van der Waals surface area (Å²) < 4.78 is 29.2. The fourth-order valence-electron chi connectivity index (χ4n) is 3.78. The zero-order chi connectivity index (χ0) is 20.4. The number of piperazine rings is 1. The minimum absolute atomic E-state index is 0.120. The Labute approximate surface area is 172 Å². The molecule has 0 saturated carbocycles. The number of anilines is 2. The van der Waals surface area contributed by atoms with Crippen LogP contribution in [0.15, 0.2) is 29.8 Å². The Kier molecular flexibility index (Phi) is 5.73. The molecule has 0 amide bonds. The molecule has 29 heavy (non-hydrogen) atoms. The molecule has 4 rings (SSSR count). The summed E-state index contributed by atoms with van der Waals surface area (Å²) in [5.41, 5.74) is 0. The first-order valence-corrected chi connectivity index (χ1v) is 11.8. The van der Waals surface area contributed by atoms with Gasteiger partial charge in [0.15, 0.2) is 5.03 Å². The van der Waals surface area contributed by atoms with E-state index in [1.807, 2.05) is 24.5 Å². The molecule has 0 aliphatic carbocycles. The average Bonchev–Trinajstić information content (AvgIpc) is 3.26. The van der Waals surface area contributed by atoms with E-state index >= 15 is 0 Å². The van der Waals surface area contributed by atoms with Crippen LogP contribution in [0.2, 0.25) is 0 Å². The maximum atomic E-state index is 12.9. The molecule has 2 fully saturated rings. The highest BCUT2D eigenvalue weighted by molar-refractivity contribution is 7.89. The third-order valence-electron chi connectivity index (χ3n) is 5.61. The molecule has 2 aromatic rings. The molecule has 158 valence electrons. The second-order valence-corrected chi connectivity index (χ2v) is 9.79. The Bertz CT molecular complexity index is 930. The number of piperidine rings is 1. The van der Waals surface area contributed by atoms with Crippen LogP contribution in [0.3, 0.4) is 0 Å². The van der Waals surface area contributed by atoms with Crippen molar-refractivity contribution in [1.82, 2.24) is 23.8 Å². The van der Waals surface area contributed by atoms with E-state index in [2.05, 4.69) is 19.8 Å². The molecular weight excluding hydrogens is 390 g/mol. The van der Waals surface area contributed by atoms with Gasteiger partial charge in [0, 0.05) is 57.7 Å². The summed E-state index contributed by atoms with van der Waals surface area (Å²) in [4.78, 5) is 17.7. The van der Waals surface area contributed by atoms with Gasteiger partial charge in [0.2, 0.25) is 5.95 Å². The summed E-state index contributed by atoms with van der Waals surface area (Å²) in [5, 5.41) is 0.120. The van der Waals surface area contributed by atoms with Crippen LogP contribution in [0.5, 0.6) is 0 Å². The molecule has 2 saturated heterocycles. The van der Waals surface area contributed by atoms with Gasteiger partial charge in [0.25, 0.3) is 10.0 Å². The first-order valence-electron chi connectivity index (χ1n) is 10.3. The zero-order valence-electron chi connectivity index (χ0n) is 17.1. The van der Waals surface area contributed by atoms with Crippen LogP contribution in [-0.4, -0.2) is 71.5 Å². The quantitative estimate of drug-likeness (QED) is 0.730. The van der Waals surface area contributed by atoms with Crippen molar-refractivity contribution in [3.63, 3.8) is 0 Å². The minimum atomic E-state index is -3.57. The predicted molar refractivity (Wildman–Crippen MR) is 112 cm³/mol. The average molecular weight is 420 g/mol. The van der Waals surface area contributed by atoms with Crippen molar-refractivity contribution >= 4 is 21.8 Å². The van der Waals surface area contributed by atoms with E-state index in [0.29, 0.717) is 26.2 Å². The Morgan fingerprint density at radius 1 is 0.931 bits per heavy atom. The Balaban J connectivity index is 1.42. The number of imidazole rings is 1. The molecule has 0 radical (unpaired) electrons. The highest BCUT2D eigenvalue weighted by atomic mass is 32.2. The Hall–Kier alpha value is -2.20. The standard InChI is InChI=1S/C19H29N7O2S/c1-16(2)25-14-18(21-15-25)29(27,28)26-12-10-23(11-13-26)17-6-7-20-19(22-17)24-8-4-3-5-9-24/h6-7,14-16H,3-5,8-13H2,1-2H3. The number of hydrogen-bond donors (Lipinski definition) is 0. The van der Waals surface area contributed by atoms with Gasteiger partial charge in [-0.1, -0.05) is 0 Å². The van der Waals surface area contributed by atoms with E-state index in [4.69, 9.17) is 4.98 Å². The van der Waals surface area contributed by atoms with E-state index in [0.717, 1.165) is 24.9 Å². The number of hydrogen-bond acceptors (Lipinski definition) is 7. The number of nitrogens with zero attached hydrogens (tertiary/aromatic N) is 7. The zero-order valence-corrected chi connectivity index (χ0v) is 17.9. The van der Waals surface area contributed by atoms with Crippen LogP contribution in [0.1, 0.15) is 39.2 Å². The highest BCUT2D eigenvalue weighted by Gasteiger charge is 2.31. The molecule has 0 aromatic carbocycles. The lowest BCUT2D eigenvalue weighted by Crippen LogP contribution is -2.49. The number of rotatable bonds is 5. The van der Waals surface area contributed by atoms with Crippen molar-refractivity contribution in [3.8, 4) is 0 Å². The van der Waals surface area contributed by atoms with Gasteiger partial charge in [0.1, 0.15) is 5.82 Å². The SMILES string of the molecule is CC(C)n1cnc(S(=O)(=O)N2CCN(c3ccnc(N4CCCCC4)n3)CC2)c1. The first-order chi connectivity index (χ1) is 13.9. The monoisotopic (exact) mass is 419 g/mol. The highest BCUT2D eigenvalue weighted by Crippen LogP contribution is 2.22. The van der Waals surface area contributed by atoms with Crippen molar-refractivity contribution in [2.45, 2.75) is 44.2 Å². The van der Waals surface area contributed by atoms with E-state index in [1.165, 1.54) is 23.6 Å². The van der Waals surface area contributed by atoms with E-state index in [-0.39, 0.29) is 11.1 Å². The van der Waals surface area contributed by atoms with Crippen LogP contribution >= 0.6 is 0 Å². The smallest absolute Gasteiger partial charge is 0.262 e. The minimum Gasteiger partial charge on any atom is -0.354 e. The summed E-state index contributed by atoms with van der Waals surface area (Å²) in [6.07, 6.45) is 8.61. The van der Waals surface area contributed by atoms with Crippen LogP contribution in [0.25, 0.3) is 0 Å². The van der Waals surface area contributed by atoms with Gasteiger partial charge < -0.3 is 14.4 Å². The third kappa shape index (κ3) is 4.23. The molecule has 2 aliphatic rings. The third-order valence-corrected chi connectivity index (χ3v) is 7.39. The molecule has 0 N–H and O–H groups in total. The van der Waals surface area contributed by atoms with Crippen LogP contribution in [0.4, 0.5) is 11.8 Å². The number of aromatic nitrogens is 4. The Morgan fingerprint density at radius 3 is 2.31 bits per heavy atom. The van der Waals surface area contributed by atoms with Gasteiger partial charge in [-0.05, 0) is 39.2 Å². The van der Waals surface area contributed by atoms with Gasteiger partial charge in [-0.15, -0.1) is 0 Å². The van der Waals surface area contributed by atoms with Crippen molar-refractivity contribution in [1.29, 1.82) is 0 Å². The largest absolute Gasteiger partial charge is 0.354 e. The summed E-state index contributed by atoms with van der Waals surface area (Å²) in [6, 6.07) is 2.08. The van der Waals surface area contributed by atoms with E-state index in [1.54, 1.807) is 18.7 Å². The van der Waals surface area contributed by atoms with Crippen LogP contribution in [-0.2, 0) is 10.0 Å². The second-order valence-electron chi connectivity index (χ2n) is 7.91. The molecule has 0 spiro atoms. The summed E-state index contributed by atoms with van der Waals surface area (Å²) >= 11 is 0. The molecule has 0 bridgehead atoms. The lowest BCUT2D eigenvalue weighted by atomic mass is 10.1. The van der Waals surface area contributed by atoms with Gasteiger partial charge in [0.05, 0.1) is 6.33 Å². The summed E-state index contributed by atoms with van der Waals surface area (Å²) in [5.74, 6) is 1.64. The van der Waals surface area contributed by atoms with Crippen molar-refractivity contribution in [3.05, 3.63) is 24.8 Å². The summed E-state index contributed by atoms with van der Waals surface area (Å²) in [7, 11) is -3.57. The fourth-order valence-corrected chi connectivity index (χ4v) is 5.13. The lowest BCUT2D eigenvalue weighted by molar-refractivity contribution is 0.382. The molecule has 0 unspecified atom stereocenters. The van der Waals surface area contributed by atoms with Crippen molar-refractivity contribution in [2.75, 3.05) is 49.1 Å². The first kappa shape index (κ1) is 20.1.